The van der Waals surface area contributed by atoms with E-state index in [9.17, 15) is 4.79 Å². The number of aryl methyl sites for hydroxylation is 2. The lowest BCUT2D eigenvalue weighted by Gasteiger charge is -2.18. The molecular weight excluding hydrogens is 242 g/mol. The van der Waals surface area contributed by atoms with E-state index >= 15 is 0 Å². The van der Waals surface area contributed by atoms with Crippen LogP contribution in [0.1, 0.15) is 17.3 Å². The minimum Gasteiger partial charge on any atom is -0.467 e. The third-order valence-electron chi connectivity index (χ3n) is 2.95. The van der Waals surface area contributed by atoms with Gasteiger partial charge >= 0.3 is 5.97 Å². The normalized spacial score (nSPS) is 11.9. The van der Waals surface area contributed by atoms with Crippen LogP contribution in [-0.2, 0) is 16.6 Å². The first-order chi connectivity index (χ1) is 9.11. The maximum absolute atomic E-state index is 11.9. The van der Waals surface area contributed by atoms with E-state index in [0.29, 0.717) is 0 Å². The molecule has 1 aromatic heterocycles. The summed E-state index contributed by atoms with van der Waals surface area (Å²) in [5, 5.41) is 3.16. The van der Waals surface area contributed by atoms with E-state index < -0.39 is 6.04 Å². The number of carbonyl (C=O) groups excluding carboxylic acids is 1. The van der Waals surface area contributed by atoms with Crippen LogP contribution in [0.5, 0.6) is 0 Å². The first-order valence-electron chi connectivity index (χ1n) is 5.99. The van der Waals surface area contributed by atoms with Crippen molar-refractivity contribution in [3.8, 4) is 0 Å². The molecule has 1 atom stereocenters. The molecule has 1 aromatic carbocycles. The highest BCUT2D eigenvalue weighted by Gasteiger charge is 2.23. The van der Waals surface area contributed by atoms with E-state index in [1.165, 1.54) is 12.7 Å². The van der Waals surface area contributed by atoms with Crippen molar-refractivity contribution in [3.05, 3.63) is 48.0 Å². The Morgan fingerprint density at radius 3 is 2.58 bits per heavy atom. The van der Waals surface area contributed by atoms with Crippen LogP contribution < -0.4 is 5.32 Å². The van der Waals surface area contributed by atoms with Crippen LogP contribution >= 0.6 is 0 Å². The average Bonchev–Trinajstić information content (AvgIpc) is 2.83. The summed E-state index contributed by atoms with van der Waals surface area (Å²) in [7, 11) is 3.22. The zero-order valence-corrected chi connectivity index (χ0v) is 11.3. The Labute approximate surface area is 112 Å². The van der Waals surface area contributed by atoms with Crippen molar-refractivity contribution in [1.29, 1.82) is 0 Å². The van der Waals surface area contributed by atoms with E-state index in [2.05, 4.69) is 10.3 Å². The van der Waals surface area contributed by atoms with Crippen LogP contribution in [0.25, 0.3) is 0 Å². The van der Waals surface area contributed by atoms with Crippen LogP contribution in [0.4, 0.5) is 5.69 Å². The smallest absolute Gasteiger partial charge is 0.334 e. The molecule has 1 unspecified atom stereocenters. The molecule has 0 aliphatic heterocycles. The number of hydrogen-bond donors (Lipinski definition) is 1. The number of hydrogen-bond acceptors (Lipinski definition) is 4. The molecule has 100 valence electrons. The van der Waals surface area contributed by atoms with Crippen molar-refractivity contribution < 1.29 is 9.53 Å². The molecule has 0 radical (unpaired) electrons. The summed E-state index contributed by atoms with van der Waals surface area (Å²) < 4.78 is 6.64. The summed E-state index contributed by atoms with van der Waals surface area (Å²) in [6.45, 7) is 2.02. The Balaban J connectivity index is 2.27. The average molecular weight is 259 g/mol. The largest absolute Gasteiger partial charge is 0.467 e. The third-order valence-corrected chi connectivity index (χ3v) is 2.95. The molecule has 5 nitrogen and oxygen atoms in total. The van der Waals surface area contributed by atoms with E-state index in [1.807, 2.05) is 38.2 Å². The van der Waals surface area contributed by atoms with Crippen molar-refractivity contribution in [1.82, 2.24) is 9.55 Å². The molecule has 2 rings (SSSR count). The number of rotatable bonds is 4. The second-order valence-corrected chi connectivity index (χ2v) is 4.40. The number of anilines is 1. The maximum Gasteiger partial charge on any atom is 0.334 e. The minimum absolute atomic E-state index is 0.343. The zero-order chi connectivity index (χ0) is 13.8. The van der Waals surface area contributed by atoms with Gasteiger partial charge in [-0.15, -0.1) is 0 Å². The number of carbonyl (C=O) groups is 1. The summed E-state index contributed by atoms with van der Waals surface area (Å²) in [6.07, 6.45) is 3.31. The molecule has 0 fully saturated rings. The molecule has 0 saturated heterocycles. The summed E-state index contributed by atoms with van der Waals surface area (Å²) in [5.41, 5.74) is 2.79. The van der Waals surface area contributed by atoms with Gasteiger partial charge in [-0.2, -0.15) is 0 Å². The second-order valence-electron chi connectivity index (χ2n) is 4.40. The Morgan fingerprint density at radius 1 is 1.37 bits per heavy atom. The Hall–Kier alpha value is -2.30. The fourth-order valence-electron chi connectivity index (χ4n) is 1.83. The number of esters is 1. The highest BCUT2D eigenvalue weighted by Crippen LogP contribution is 2.20. The lowest BCUT2D eigenvalue weighted by molar-refractivity contribution is -0.141. The number of nitrogens with zero attached hydrogens (tertiary/aromatic N) is 2. The molecule has 1 heterocycles. The SMILES string of the molecule is COC(=O)C(Nc1ccc(C)cc1)c1cncn1C. The van der Waals surface area contributed by atoms with Crippen molar-refractivity contribution in [2.75, 3.05) is 12.4 Å². The molecule has 1 N–H and O–H groups in total. The van der Waals surface area contributed by atoms with Gasteiger partial charge in [0.05, 0.1) is 25.3 Å². The van der Waals surface area contributed by atoms with Gasteiger partial charge in [0.1, 0.15) is 0 Å². The van der Waals surface area contributed by atoms with Crippen LogP contribution in [0, 0.1) is 6.92 Å². The second kappa shape index (κ2) is 5.56. The van der Waals surface area contributed by atoms with Crippen molar-refractivity contribution in [2.24, 2.45) is 7.05 Å². The number of imidazole rings is 1. The zero-order valence-electron chi connectivity index (χ0n) is 11.3. The van der Waals surface area contributed by atoms with Crippen molar-refractivity contribution in [2.45, 2.75) is 13.0 Å². The first kappa shape index (κ1) is 13.1. The van der Waals surface area contributed by atoms with Crippen LogP contribution in [0.2, 0.25) is 0 Å². The lowest BCUT2D eigenvalue weighted by Crippen LogP contribution is -2.24. The molecule has 0 spiro atoms. The Kier molecular flexibility index (Phi) is 3.85. The summed E-state index contributed by atoms with van der Waals surface area (Å²) in [6, 6.07) is 7.27. The van der Waals surface area contributed by atoms with E-state index in [0.717, 1.165) is 11.4 Å². The van der Waals surface area contributed by atoms with Crippen LogP contribution in [-0.4, -0.2) is 22.6 Å². The van der Waals surface area contributed by atoms with Crippen molar-refractivity contribution in [3.63, 3.8) is 0 Å². The highest BCUT2D eigenvalue weighted by molar-refractivity contribution is 5.80. The van der Waals surface area contributed by atoms with E-state index in [1.54, 1.807) is 17.1 Å². The summed E-state index contributed by atoms with van der Waals surface area (Å²) in [4.78, 5) is 15.9. The number of nitrogens with one attached hydrogen (secondary N) is 1. The van der Waals surface area contributed by atoms with Gasteiger partial charge in [0.15, 0.2) is 6.04 Å². The maximum atomic E-state index is 11.9. The fraction of sp³-hybridized carbons (Fsp3) is 0.286. The number of methoxy groups -OCH3 is 1. The van der Waals surface area contributed by atoms with Gasteiger partial charge in [-0.1, -0.05) is 17.7 Å². The molecule has 0 aliphatic rings. The Bertz CT molecular complexity index is 560. The third kappa shape index (κ3) is 2.93. The number of benzene rings is 1. The number of aromatic nitrogens is 2. The first-order valence-corrected chi connectivity index (χ1v) is 5.99. The van der Waals surface area contributed by atoms with Crippen LogP contribution in [0.15, 0.2) is 36.8 Å². The van der Waals surface area contributed by atoms with Gasteiger partial charge in [0, 0.05) is 12.7 Å². The monoisotopic (exact) mass is 259 g/mol. The summed E-state index contributed by atoms with van der Waals surface area (Å²) >= 11 is 0. The molecule has 5 heteroatoms. The molecule has 0 saturated carbocycles. The predicted octanol–water partition coefficient (Wildman–Crippen LogP) is 2.05. The quantitative estimate of drug-likeness (QED) is 0.854. The summed E-state index contributed by atoms with van der Waals surface area (Å²) in [5.74, 6) is -0.343. The van der Waals surface area contributed by atoms with Crippen LogP contribution in [0.3, 0.4) is 0 Å². The molecular formula is C14H17N3O2. The Morgan fingerprint density at radius 2 is 2.05 bits per heavy atom. The lowest BCUT2D eigenvalue weighted by atomic mass is 10.1. The van der Waals surface area contributed by atoms with Gasteiger partial charge in [0.2, 0.25) is 0 Å². The van der Waals surface area contributed by atoms with Gasteiger partial charge in [-0.3, -0.25) is 0 Å². The van der Waals surface area contributed by atoms with Gasteiger partial charge in [-0.25, -0.2) is 9.78 Å². The van der Waals surface area contributed by atoms with Crippen molar-refractivity contribution >= 4 is 11.7 Å². The highest BCUT2D eigenvalue weighted by atomic mass is 16.5. The van der Waals surface area contributed by atoms with Gasteiger partial charge < -0.3 is 14.6 Å². The van der Waals surface area contributed by atoms with E-state index in [-0.39, 0.29) is 5.97 Å². The van der Waals surface area contributed by atoms with E-state index in [4.69, 9.17) is 4.74 Å². The molecule has 19 heavy (non-hydrogen) atoms. The molecule has 0 bridgehead atoms. The molecule has 0 amide bonds. The number of ether oxygens (including phenoxy) is 1. The minimum atomic E-state index is -0.569. The molecule has 2 aromatic rings. The van der Waals surface area contributed by atoms with Gasteiger partial charge in [0.25, 0.3) is 0 Å². The topological polar surface area (TPSA) is 56.1 Å². The fourth-order valence-corrected chi connectivity index (χ4v) is 1.83. The standard InChI is InChI=1S/C14H17N3O2/c1-10-4-6-11(7-5-10)16-13(14(18)19-3)12-8-15-9-17(12)2/h4-9,13,16H,1-3H3. The predicted molar refractivity (Wildman–Crippen MR) is 72.8 cm³/mol. The molecule has 0 aliphatic carbocycles. The van der Waals surface area contributed by atoms with Gasteiger partial charge in [-0.05, 0) is 19.1 Å².